The number of hydrogen-bond acceptors (Lipinski definition) is 2. The highest BCUT2D eigenvalue weighted by Crippen LogP contribution is 2.34. The van der Waals surface area contributed by atoms with E-state index < -0.39 is 0 Å². The van der Waals surface area contributed by atoms with E-state index in [-0.39, 0.29) is 0 Å². The van der Waals surface area contributed by atoms with Crippen LogP contribution in [0.5, 0.6) is 5.75 Å². The Morgan fingerprint density at radius 2 is 1.94 bits per heavy atom. The monoisotopic (exact) mass is 247 g/mol. The molecule has 2 nitrogen and oxygen atoms in total. The number of nitrogens with one attached hydrogen (secondary N) is 1. The van der Waals surface area contributed by atoms with Crippen molar-refractivity contribution in [2.75, 3.05) is 13.7 Å². The third-order valence-corrected chi connectivity index (χ3v) is 3.73. The van der Waals surface area contributed by atoms with Gasteiger partial charge >= 0.3 is 0 Å². The first-order chi connectivity index (χ1) is 8.90. The number of unbranched alkanes of at least 4 members (excludes halogenated alkanes) is 2. The van der Waals surface area contributed by atoms with Crippen molar-refractivity contribution < 1.29 is 4.74 Å². The minimum Gasteiger partial charge on any atom is -0.494 e. The van der Waals surface area contributed by atoms with Gasteiger partial charge in [-0.05, 0) is 50.8 Å². The quantitative estimate of drug-likeness (QED) is 0.673. The molecule has 1 aliphatic carbocycles. The van der Waals surface area contributed by atoms with Crippen molar-refractivity contribution in [2.24, 2.45) is 5.92 Å². The van der Waals surface area contributed by atoms with E-state index in [1.807, 2.05) is 30.3 Å². The van der Waals surface area contributed by atoms with Crippen molar-refractivity contribution in [3.05, 3.63) is 30.3 Å². The fourth-order valence-corrected chi connectivity index (χ4v) is 2.46. The second-order valence-electron chi connectivity index (χ2n) is 5.24. The number of rotatable bonds is 9. The Hall–Kier alpha value is -1.02. The molecule has 0 saturated heterocycles. The maximum atomic E-state index is 5.68. The van der Waals surface area contributed by atoms with Crippen molar-refractivity contribution in [1.82, 2.24) is 5.32 Å². The third kappa shape index (κ3) is 4.69. The summed E-state index contributed by atoms with van der Waals surface area (Å²) in [5.41, 5.74) is 0. The van der Waals surface area contributed by atoms with Crippen molar-refractivity contribution in [3.63, 3.8) is 0 Å². The van der Waals surface area contributed by atoms with Gasteiger partial charge in [-0.1, -0.05) is 31.0 Å². The van der Waals surface area contributed by atoms with E-state index in [9.17, 15) is 0 Å². The zero-order valence-electron chi connectivity index (χ0n) is 11.4. The predicted molar refractivity (Wildman–Crippen MR) is 76.0 cm³/mol. The van der Waals surface area contributed by atoms with Gasteiger partial charge in [-0.15, -0.1) is 0 Å². The molecule has 0 heterocycles. The summed E-state index contributed by atoms with van der Waals surface area (Å²) in [5, 5.41) is 3.45. The topological polar surface area (TPSA) is 21.3 Å². The summed E-state index contributed by atoms with van der Waals surface area (Å²) in [6.45, 7) is 0.845. The first kappa shape index (κ1) is 13.4. The highest BCUT2D eigenvalue weighted by Gasteiger charge is 2.29. The van der Waals surface area contributed by atoms with Gasteiger partial charge < -0.3 is 10.1 Å². The highest BCUT2D eigenvalue weighted by molar-refractivity contribution is 5.20. The van der Waals surface area contributed by atoms with E-state index in [0.29, 0.717) is 0 Å². The average molecular weight is 247 g/mol. The summed E-state index contributed by atoms with van der Waals surface area (Å²) in [6.07, 6.45) is 7.95. The molecule has 1 unspecified atom stereocenters. The van der Waals surface area contributed by atoms with Crippen LogP contribution in [0.1, 0.15) is 38.5 Å². The molecule has 100 valence electrons. The molecule has 2 rings (SSSR count). The molecule has 2 heteroatoms. The highest BCUT2D eigenvalue weighted by atomic mass is 16.5. The number of hydrogen-bond donors (Lipinski definition) is 1. The lowest BCUT2D eigenvalue weighted by molar-refractivity contribution is 0.302. The van der Waals surface area contributed by atoms with Crippen molar-refractivity contribution in [2.45, 2.75) is 44.6 Å². The fourth-order valence-electron chi connectivity index (χ4n) is 2.46. The van der Waals surface area contributed by atoms with Crippen LogP contribution in [0.4, 0.5) is 0 Å². The SMILES string of the molecule is CNC(CCCCCOc1ccccc1)C1CC1. The van der Waals surface area contributed by atoms with E-state index in [1.54, 1.807) is 0 Å². The molecule has 1 aromatic rings. The number of ether oxygens (including phenoxy) is 1. The molecule has 0 aromatic heterocycles. The van der Waals surface area contributed by atoms with Gasteiger partial charge in [-0.3, -0.25) is 0 Å². The molecule has 0 spiro atoms. The molecule has 0 bridgehead atoms. The van der Waals surface area contributed by atoms with Crippen LogP contribution in [0.2, 0.25) is 0 Å². The largest absolute Gasteiger partial charge is 0.494 e. The van der Waals surface area contributed by atoms with Crippen LogP contribution in [0.25, 0.3) is 0 Å². The lowest BCUT2D eigenvalue weighted by Gasteiger charge is -2.14. The minimum absolute atomic E-state index is 0.764. The average Bonchev–Trinajstić information content (AvgIpc) is 3.24. The molecule has 1 fully saturated rings. The van der Waals surface area contributed by atoms with Crippen LogP contribution in [-0.2, 0) is 0 Å². The van der Waals surface area contributed by atoms with E-state index in [1.165, 1.54) is 32.1 Å². The lowest BCUT2D eigenvalue weighted by Crippen LogP contribution is -2.27. The van der Waals surface area contributed by atoms with Gasteiger partial charge in [-0.25, -0.2) is 0 Å². The van der Waals surface area contributed by atoms with Gasteiger partial charge in [0.15, 0.2) is 0 Å². The Balaban J connectivity index is 1.48. The molecule has 1 aliphatic rings. The molecule has 1 N–H and O–H groups in total. The van der Waals surface area contributed by atoms with Gasteiger partial charge in [0.25, 0.3) is 0 Å². The molecule has 18 heavy (non-hydrogen) atoms. The van der Waals surface area contributed by atoms with Crippen LogP contribution in [-0.4, -0.2) is 19.7 Å². The Kier molecular flexibility index (Phi) is 5.53. The zero-order chi connectivity index (χ0) is 12.6. The smallest absolute Gasteiger partial charge is 0.119 e. The lowest BCUT2D eigenvalue weighted by atomic mass is 10.0. The fraction of sp³-hybridized carbons (Fsp3) is 0.625. The maximum Gasteiger partial charge on any atom is 0.119 e. The second-order valence-corrected chi connectivity index (χ2v) is 5.24. The summed E-state index contributed by atoms with van der Waals surface area (Å²) in [5.74, 6) is 1.96. The maximum absolute atomic E-state index is 5.68. The van der Waals surface area contributed by atoms with Crippen LogP contribution in [0.3, 0.4) is 0 Å². The molecule has 1 aromatic carbocycles. The summed E-state index contributed by atoms with van der Waals surface area (Å²) in [4.78, 5) is 0. The van der Waals surface area contributed by atoms with Crippen LogP contribution in [0.15, 0.2) is 30.3 Å². The van der Waals surface area contributed by atoms with Crippen LogP contribution >= 0.6 is 0 Å². The first-order valence-electron chi connectivity index (χ1n) is 7.25. The van der Waals surface area contributed by atoms with Gasteiger partial charge in [0.2, 0.25) is 0 Å². The molecule has 0 aliphatic heterocycles. The number of para-hydroxylation sites is 1. The van der Waals surface area contributed by atoms with Gasteiger partial charge in [0.05, 0.1) is 6.61 Å². The van der Waals surface area contributed by atoms with Crippen molar-refractivity contribution in [1.29, 1.82) is 0 Å². The molecular formula is C16H25NO. The standard InChI is InChI=1S/C16H25NO/c1-17-16(14-11-12-14)10-6-3-7-13-18-15-8-4-2-5-9-15/h2,4-5,8-9,14,16-17H,3,6-7,10-13H2,1H3. The Labute approximate surface area is 111 Å². The Morgan fingerprint density at radius 1 is 1.17 bits per heavy atom. The molecule has 0 radical (unpaired) electrons. The summed E-state index contributed by atoms with van der Waals surface area (Å²) >= 11 is 0. The molecular weight excluding hydrogens is 222 g/mol. The van der Waals surface area contributed by atoms with E-state index >= 15 is 0 Å². The summed E-state index contributed by atoms with van der Waals surface area (Å²) in [6, 6.07) is 10.8. The van der Waals surface area contributed by atoms with Crippen molar-refractivity contribution in [3.8, 4) is 5.75 Å². The summed E-state index contributed by atoms with van der Waals surface area (Å²) < 4.78 is 5.68. The van der Waals surface area contributed by atoms with Crippen LogP contribution in [0, 0.1) is 5.92 Å². The minimum atomic E-state index is 0.764. The summed E-state index contributed by atoms with van der Waals surface area (Å²) in [7, 11) is 2.10. The first-order valence-corrected chi connectivity index (χ1v) is 7.25. The van der Waals surface area contributed by atoms with E-state index in [0.717, 1.165) is 30.7 Å². The normalized spacial score (nSPS) is 16.5. The van der Waals surface area contributed by atoms with E-state index in [4.69, 9.17) is 4.74 Å². The third-order valence-electron chi connectivity index (χ3n) is 3.73. The Bertz CT molecular complexity index is 321. The van der Waals surface area contributed by atoms with Gasteiger partial charge in [-0.2, -0.15) is 0 Å². The van der Waals surface area contributed by atoms with Gasteiger partial charge in [0, 0.05) is 6.04 Å². The predicted octanol–water partition coefficient (Wildman–Crippen LogP) is 3.62. The second kappa shape index (κ2) is 7.42. The van der Waals surface area contributed by atoms with Crippen LogP contribution < -0.4 is 10.1 Å². The van der Waals surface area contributed by atoms with Crippen molar-refractivity contribution >= 4 is 0 Å². The Morgan fingerprint density at radius 3 is 2.61 bits per heavy atom. The molecule has 0 amide bonds. The number of benzene rings is 1. The molecule has 1 saturated carbocycles. The van der Waals surface area contributed by atoms with Gasteiger partial charge in [0.1, 0.15) is 5.75 Å². The van der Waals surface area contributed by atoms with E-state index in [2.05, 4.69) is 12.4 Å². The molecule has 1 atom stereocenters. The zero-order valence-corrected chi connectivity index (χ0v) is 11.4.